The molecule has 1 fully saturated rings. The average molecular weight is 652 g/mol. The standard InChI is InChI=1S/C17H32N4O6.3ClH.Gd/c1-12(15(22)23)19-6-4-18-5-7-20(13(2)16(24)25)9-11-21(10-8-19)14(3)17(26)27;;;;/h12-14,18H,4-11H2,1-3H3,(H,22,23)(H,24,25)(H,26,27);3*1H;/p-3. The van der Waals surface area contributed by atoms with Crippen LogP contribution in [0.3, 0.4) is 0 Å². The zero-order valence-electron chi connectivity index (χ0n) is 17.8. The van der Waals surface area contributed by atoms with Crippen molar-refractivity contribution in [2.24, 2.45) is 0 Å². The van der Waals surface area contributed by atoms with E-state index in [0.29, 0.717) is 52.4 Å². The predicted molar refractivity (Wildman–Crippen MR) is 98.9 cm³/mol. The van der Waals surface area contributed by atoms with Crippen LogP contribution in [0, 0.1) is 39.9 Å². The molecule has 0 aromatic rings. The summed E-state index contributed by atoms with van der Waals surface area (Å²) < 4.78 is 0. The minimum absolute atomic E-state index is 0. The normalized spacial score (nSPS) is 19.8. The van der Waals surface area contributed by atoms with E-state index in [4.69, 9.17) is 0 Å². The molecule has 0 bridgehead atoms. The molecule has 0 amide bonds. The van der Waals surface area contributed by atoms with Crippen molar-refractivity contribution in [3.8, 4) is 0 Å². The van der Waals surface area contributed by atoms with Crippen LogP contribution in [0.4, 0.5) is 0 Å². The number of hydrogen-bond donors (Lipinski definition) is 4. The Kier molecular flexibility index (Phi) is 24.8. The summed E-state index contributed by atoms with van der Waals surface area (Å²) >= 11 is 0. The molecule has 1 heterocycles. The SMILES string of the molecule is CC(C(=O)O)N1CCNCCN(C(C)C(=O)O)CCN(C(C)C(=O)O)CC1.[Cl-].[Cl-].[Cl-].[Gd]. The topological polar surface area (TPSA) is 134 Å². The largest absolute Gasteiger partial charge is 1.00 e. The quantitative estimate of drug-likeness (QED) is 0.220. The van der Waals surface area contributed by atoms with E-state index in [1.807, 2.05) is 9.80 Å². The minimum Gasteiger partial charge on any atom is -1.00 e. The molecule has 10 nitrogen and oxygen atoms in total. The first-order valence-corrected chi connectivity index (χ1v) is 9.26. The molecule has 4 N–H and O–H groups in total. The summed E-state index contributed by atoms with van der Waals surface area (Å²) in [6.07, 6.45) is 0. The van der Waals surface area contributed by atoms with Gasteiger partial charge in [0, 0.05) is 92.3 Å². The summed E-state index contributed by atoms with van der Waals surface area (Å²) in [5.74, 6) is -2.79. The number of aliphatic carboxylic acids is 3. The van der Waals surface area contributed by atoms with Gasteiger partial charge in [-0.3, -0.25) is 29.1 Å². The van der Waals surface area contributed by atoms with E-state index in [1.54, 1.807) is 25.7 Å². The molecule has 1 aliphatic rings. The molecule has 14 heteroatoms. The molecule has 0 spiro atoms. The molecule has 31 heavy (non-hydrogen) atoms. The third-order valence-corrected chi connectivity index (χ3v) is 5.22. The third kappa shape index (κ3) is 13.7. The summed E-state index contributed by atoms with van der Waals surface area (Å²) in [4.78, 5) is 39.5. The summed E-state index contributed by atoms with van der Waals surface area (Å²) in [6, 6.07) is -2.07. The van der Waals surface area contributed by atoms with Crippen LogP contribution in [0.2, 0.25) is 0 Å². The fourth-order valence-corrected chi connectivity index (χ4v) is 3.05. The Morgan fingerprint density at radius 2 is 0.839 bits per heavy atom. The number of halogens is 3. The first-order valence-electron chi connectivity index (χ1n) is 9.26. The Morgan fingerprint density at radius 3 is 1.06 bits per heavy atom. The molecule has 0 saturated carbocycles. The molecule has 0 radical (unpaired) electrons. The van der Waals surface area contributed by atoms with E-state index >= 15 is 0 Å². The van der Waals surface area contributed by atoms with Gasteiger partial charge in [-0.1, -0.05) is 0 Å². The van der Waals surface area contributed by atoms with Gasteiger partial charge < -0.3 is 57.9 Å². The van der Waals surface area contributed by atoms with Crippen molar-refractivity contribution in [3.63, 3.8) is 0 Å². The fourth-order valence-electron chi connectivity index (χ4n) is 3.05. The van der Waals surface area contributed by atoms with E-state index in [-0.39, 0.29) is 77.2 Å². The Balaban J connectivity index is -0.000000911. The minimum atomic E-state index is -0.959. The number of rotatable bonds is 6. The molecule has 1 saturated heterocycles. The number of carboxylic acid groups (broad SMARTS) is 3. The maximum Gasteiger partial charge on any atom is 0.320 e. The summed E-state index contributed by atoms with van der Waals surface area (Å²) in [6.45, 7) is 8.61. The van der Waals surface area contributed by atoms with Crippen molar-refractivity contribution in [2.45, 2.75) is 38.9 Å². The zero-order chi connectivity index (χ0) is 20.6. The van der Waals surface area contributed by atoms with Crippen LogP contribution in [0.5, 0.6) is 0 Å². The maximum absolute atomic E-state index is 11.5. The molecule has 1 aliphatic heterocycles. The van der Waals surface area contributed by atoms with E-state index in [2.05, 4.69) is 5.32 Å². The van der Waals surface area contributed by atoms with Crippen molar-refractivity contribution in [3.05, 3.63) is 0 Å². The van der Waals surface area contributed by atoms with Gasteiger partial charge in [-0.2, -0.15) is 0 Å². The van der Waals surface area contributed by atoms with Gasteiger partial charge >= 0.3 is 17.9 Å². The number of nitrogens with one attached hydrogen (secondary N) is 1. The second kappa shape index (κ2) is 19.9. The smallest absolute Gasteiger partial charge is 0.320 e. The molecule has 0 aliphatic carbocycles. The van der Waals surface area contributed by atoms with Crippen LogP contribution in [0.25, 0.3) is 0 Å². The van der Waals surface area contributed by atoms with Gasteiger partial charge in [-0.15, -0.1) is 0 Å². The molecule has 188 valence electrons. The molecule has 0 aromatic carbocycles. The number of carbonyl (C=O) groups is 3. The molecule has 1 rings (SSSR count). The maximum atomic E-state index is 11.5. The Morgan fingerprint density at radius 1 is 0.613 bits per heavy atom. The molecule has 0 aromatic heterocycles. The third-order valence-electron chi connectivity index (χ3n) is 5.22. The number of carboxylic acids is 3. The van der Waals surface area contributed by atoms with Gasteiger partial charge in [-0.25, -0.2) is 0 Å². The Bertz CT molecular complexity index is 504. The van der Waals surface area contributed by atoms with E-state index in [0.717, 1.165) is 0 Å². The zero-order valence-corrected chi connectivity index (χ0v) is 22.3. The van der Waals surface area contributed by atoms with Gasteiger partial charge in [0.15, 0.2) is 0 Å². The average Bonchev–Trinajstić information content (AvgIpc) is 2.60. The van der Waals surface area contributed by atoms with Gasteiger partial charge in [0.25, 0.3) is 0 Å². The molecule has 3 unspecified atom stereocenters. The monoisotopic (exact) mass is 651 g/mol. The van der Waals surface area contributed by atoms with Crippen LogP contribution in [-0.4, -0.2) is 118 Å². The molecular weight excluding hydrogens is 620 g/mol. The van der Waals surface area contributed by atoms with Crippen molar-refractivity contribution in [2.75, 3.05) is 52.4 Å². The van der Waals surface area contributed by atoms with Crippen LogP contribution < -0.4 is 42.5 Å². The Labute approximate surface area is 234 Å². The Hall–Kier alpha value is 0.445. The van der Waals surface area contributed by atoms with Gasteiger partial charge in [0.1, 0.15) is 18.1 Å². The van der Waals surface area contributed by atoms with Crippen LogP contribution in [0.1, 0.15) is 20.8 Å². The second-order valence-corrected chi connectivity index (χ2v) is 6.90. The summed E-state index contributed by atoms with van der Waals surface area (Å²) in [7, 11) is 0. The molecular formula is C17H32Cl3GdN4O6-3. The first kappa shape index (κ1) is 38.7. The van der Waals surface area contributed by atoms with Crippen LogP contribution in [0.15, 0.2) is 0 Å². The summed E-state index contributed by atoms with van der Waals surface area (Å²) in [5.41, 5.74) is 0. The van der Waals surface area contributed by atoms with Gasteiger partial charge in [0.05, 0.1) is 0 Å². The van der Waals surface area contributed by atoms with Gasteiger partial charge in [-0.05, 0) is 20.8 Å². The van der Waals surface area contributed by atoms with Crippen molar-refractivity contribution >= 4 is 17.9 Å². The van der Waals surface area contributed by atoms with E-state index in [1.165, 1.54) is 0 Å². The van der Waals surface area contributed by atoms with Crippen molar-refractivity contribution in [1.82, 2.24) is 20.0 Å². The number of hydrogen-bond acceptors (Lipinski definition) is 7. The summed E-state index contributed by atoms with van der Waals surface area (Å²) in [5, 5.41) is 31.2. The second-order valence-electron chi connectivity index (χ2n) is 6.90. The molecule has 3 atom stereocenters. The van der Waals surface area contributed by atoms with Crippen molar-refractivity contribution in [1.29, 1.82) is 0 Å². The predicted octanol–water partition coefficient (Wildman–Crippen LogP) is -10.1. The van der Waals surface area contributed by atoms with Crippen LogP contribution in [-0.2, 0) is 14.4 Å². The van der Waals surface area contributed by atoms with Crippen LogP contribution >= 0.6 is 0 Å². The fraction of sp³-hybridized carbons (Fsp3) is 0.824. The first-order chi connectivity index (χ1) is 12.6. The number of nitrogens with zero attached hydrogens (tertiary/aromatic N) is 3. The van der Waals surface area contributed by atoms with E-state index in [9.17, 15) is 29.7 Å². The van der Waals surface area contributed by atoms with Gasteiger partial charge in [0.2, 0.25) is 0 Å². The van der Waals surface area contributed by atoms with Crippen molar-refractivity contribution < 1.29 is 107 Å². The van der Waals surface area contributed by atoms with E-state index < -0.39 is 36.0 Å².